The number of hydrogen-bond acceptors (Lipinski definition) is 0. The molecule has 2 nitrogen and oxygen atoms in total. The zero-order valence-corrected chi connectivity index (χ0v) is 13.6. The SMILES string of the molecule is C.C.[C-]#[N+]Cc1ccc(C)cc1.[C-]#[N+]Cc1ccc(CBr)cc1. The van der Waals surface area contributed by atoms with E-state index in [1.807, 2.05) is 55.5 Å². The van der Waals surface area contributed by atoms with Gasteiger partial charge in [-0.15, -0.1) is 0 Å². The summed E-state index contributed by atoms with van der Waals surface area (Å²) in [5, 5.41) is 0.880. The Morgan fingerprint density at radius 2 is 1.09 bits per heavy atom. The summed E-state index contributed by atoms with van der Waals surface area (Å²) in [4.78, 5) is 6.59. The fourth-order valence-electron chi connectivity index (χ4n) is 1.61. The smallest absolute Gasteiger partial charge is 0.239 e. The van der Waals surface area contributed by atoms with Crippen LogP contribution in [0.25, 0.3) is 9.69 Å². The highest BCUT2D eigenvalue weighted by Gasteiger charge is 1.93. The first-order valence-corrected chi connectivity index (χ1v) is 7.67. The minimum Gasteiger partial charge on any atom is -0.312 e. The first-order chi connectivity index (χ1) is 10.2. The molecule has 122 valence electrons. The van der Waals surface area contributed by atoms with Crippen LogP contribution in [-0.4, -0.2) is 0 Å². The summed E-state index contributed by atoms with van der Waals surface area (Å²) in [7, 11) is 0. The van der Waals surface area contributed by atoms with E-state index < -0.39 is 0 Å². The molecule has 0 bridgehead atoms. The monoisotopic (exact) mass is 372 g/mol. The Hall–Kier alpha value is -2.10. The van der Waals surface area contributed by atoms with Crippen molar-refractivity contribution < 1.29 is 0 Å². The quantitative estimate of drug-likeness (QED) is 0.419. The van der Waals surface area contributed by atoms with Crippen LogP contribution in [0.2, 0.25) is 0 Å². The van der Waals surface area contributed by atoms with Gasteiger partial charge < -0.3 is 9.69 Å². The van der Waals surface area contributed by atoms with Gasteiger partial charge in [0.2, 0.25) is 13.1 Å². The van der Waals surface area contributed by atoms with E-state index in [4.69, 9.17) is 13.1 Å². The maximum absolute atomic E-state index is 6.65. The Bertz CT molecular complexity index is 617. The van der Waals surface area contributed by atoms with Crippen LogP contribution in [-0.2, 0) is 18.4 Å². The topological polar surface area (TPSA) is 8.72 Å². The van der Waals surface area contributed by atoms with Crippen LogP contribution in [0.3, 0.4) is 0 Å². The number of aryl methyl sites for hydroxylation is 1. The second-order valence-corrected chi connectivity index (χ2v) is 5.13. The number of benzene rings is 2. The molecule has 23 heavy (non-hydrogen) atoms. The lowest BCUT2D eigenvalue weighted by Gasteiger charge is -1.94. The number of nitrogens with zero attached hydrogens (tertiary/aromatic N) is 2. The minimum absolute atomic E-state index is 0. The molecular weight excluding hydrogens is 348 g/mol. The van der Waals surface area contributed by atoms with Crippen LogP contribution in [0.15, 0.2) is 48.5 Å². The summed E-state index contributed by atoms with van der Waals surface area (Å²) in [5.41, 5.74) is 4.68. The highest BCUT2D eigenvalue weighted by Crippen LogP contribution is 2.08. The van der Waals surface area contributed by atoms with E-state index in [0.29, 0.717) is 13.1 Å². The summed E-state index contributed by atoms with van der Waals surface area (Å²) in [5.74, 6) is 0. The van der Waals surface area contributed by atoms with Crippen molar-refractivity contribution in [3.05, 3.63) is 93.6 Å². The van der Waals surface area contributed by atoms with E-state index in [1.54, 1.807) is 0 Å². The third-order valence-corrected chi connectivity index (χ3v) is 3.47. The maximum atomic E-state index is 6.65. The summed E-state index contributed by atoms with van der Waals surface area (Å²) < 4.78 is 0. The zero-order valence-electron chi connectivity index (χ0n) is 12.0. The summed E-state index contributed by atoms with van der Waals surface area (Å²) >= 11 is 3.36. The average Bonchev–Trinajstić information content (AvgIpc) is 2.52. The van der Waals surface area contributed by atoms with Crippen LogP contribution >= 0.6 is 15.9 Å². The molecule has 0 saturated carbocycles. The van der Waals surface area contributed by atoms with Crippen molar-refractivity contribution in [2.75, 3.05) is 0 Å². The zero-order chi connectivity index (χ0) is 15.5. The molecule has 0 aliphatic heterocycles. The van der Waals surface area contributed by atoms with E-state index in [-0.39, 0.29) is 14.9 Å². The van der Waals surface area contributed by atoms with Gasteiger partial charge in [0.1, 0.15) is 0 Å². The van der Waals surface area contributed by atoms with Crippen molar-refractivity contribution in [3.8, 4) is 0 Å². The van der Waals surface area contributed by atoms with E-state index in [1.165, 1.54) is 11.1 Å². The third kappa shape index (κ3) is 9.51. The van der Waals surface area contributed by atoms with Gasteiger partial charge in [-0.2, -0.15) is 0 Å². The molecule has 0 saturated heterocycles. The number of rotatable bonds is 3. The molecule has 0 radical (unpaired) electrons. The predicted octanol–water partition coefficient (Wildman–Crippen LogP) is 6.69. The third-order valence-electron chi connectivity index (χ3n) is 2.82. The van der Waals surface area contributed by atoms with Gasteiger partial charge in [0.05, 0.1) is 0 Å². The van der Waals surface area contributed by atoms with E-state index in [2.05, 4.69) is 25.6 Å². The lowest BCUT2D eigenvalue weighted by Crippen LogP contribution is -1.80. The molecule has 2 rings (SSSR count). The largest absolute Gasteiger partial charge is 0.312 e. The fourth-order valence-corrected chi connectivity index (χ4v) is 1.98. The predicted molar refractivity (Wildman–Crippen MR) is 104 cm³/mol. The van der Waals surface area contributed by atoms with Crippen molar-refractivity contribution in [2.45, 2.75) is 40.2 Å². The highest BCUT2D eigenvalue weighted by atomic mass is 79.9. The second-order valence-electron chi connectivity index (χ2n) is 4.57. The molecule has 0 unspecified atom stereocenters. The Morgan fingerprint density at radius 1 is 0.739 bits per heavy atom. The molecule has 0 aliphatic carbocycles. The van der Waals surface area contributed by atoms with Crippen LogP contribution < -0.4 is 0 Å². The summed E-state index contributed by atoms with van der Waals surface area (Å²) in [6, 6.07) is 16.1. The fraction of sp³-hybridized carbons (Fsp3) is 0.300. The molecule has 0 spiro atoms. The lowest BCUT2D eigenvalue weighted by molar-refractivity contribution is 1.25. The van der Waals surface area contributed by atoms with Crippen molar-refractivity contribution in [1.29, 1.82) is 0 Å². The van der Waals surface area contributed by atoms with E-state index in [0.717, 1.165) is 16.5 Å². The standard InChI is InChI=1S/C9H8BrN.C9H9N.2CH4/c1-11-7-9-4-2-8(6-10)3-5-9;1-8-3-5-9(6-4-8)7-10-2;;/h2-5H,6-7H2;3-6H,7H2,1H3;2*1H4. The van der Waals surface area contributed by atoms with Gasteiger partial charge >= 0.3 is 0 Å². The van der Waals surface area contributed by atoms with Crippen molar-refractivity contribution in [1.82, 2.24) is 0 Å². The average molecular weight is 373 g/mol. The molecule has 0 aliphatic rings. The molecule has 0 aromatic heterocycles. The second kappa shape index (κ2) is 13.6. The van der Waals surface area contributed by atoms with Crippen molar-refractivity contribution in [2.24, 2.45) is 0 Å². The molecule has 0 heterocycles. The molecule has 0 fully saturated rings. The highest BCUT2D eigenvalue weighted by molar-refractivity contribution is 9.08. The van der Waals surface area contributed by atoms with Crippen molar-refractivity contribution in [3.63, 3.8) is 0 Å². The van der Waals surface area contributed by atoms with Gasteiger partial charge in [-0.3, -0.25) is 0 Å². The van der Waals surface area contributed by atoms with E-state index >= 15 is 0 Å². The van der Waals surface area contributed by atoms with Gasteiger partial charge in [0.15, 0.2) is 0 Å². The maximum Gasteiger partial charge on any atom is 0.239 e. The van der Waals surface area contributed by atoms with Crippen molar-refractivity contribution >= 4 is 15.9 Å². The number of alkyl halides is 1. The Morgan fingerprint density at radius 3 is 1.43 bits per heavy atom. The Balaban J connectivity index is 0. The van der Waals surface area contributed by atoms with Gasteiger partial charge in [-0.1, -0.05) is 84.9 Å². The van der Waals surface area contributed by atoms with Gasteiger partial charge in [-0.05, 0) is 12.5 Å². The molecule has 2 aromatic carbocycles. The summed E-state index contributed by atoms with van der Waals surface area (Å²) in [6.45, 7) is 16.3. The lowest BCUT2D eigenvalue weighted by atomic mass is 10.1. The molecule has 0 N–H and O–H groups in total. The van der Waals surface area contributed by atoms with Crippen LogP contribution in [0.4, 0.5) is 0 Å². The molecular formula is C20H25BrN2. The Labute approximate surface area is 149 Å². The van der Waals surface area contributed by atoms with Crippen LogP contribution in [0, 0.1) is 20.1 Å². The van der Waals surface area contributed by atoms with Crippen LogP contribution in [0.5, 0.6) is 0 Å². The van der Waals surface area contributed by atoms with Crippen LogP contribution in [0.1, 0.15) is 37.1 Å². The first-order valence-electron chi connectivity index (χ1n) is 6.55. The normalized spacial score (nSPS) is 8.17. The van der Waals surface area contributed by atoms with Gasteiger partial charge in [-0.25, -0.2) is 13.1 Å². The molecule has 0 atom stereocenters. The first kappa shape index (κ1) is 23.2. The molecule has 3 heteroatoms. The number of hydrogen-bond donors (Lipinski definition) is 0. The minimum atomic E-state index is 0. The van der Waals surface area contributed by atoms with Gasteiger partial charge in [0, 0.05) is 16.5 Å². The van der Waals surface area contributed by atoms with E-state index in [9.17, 15) is 0 Å². The Kier molecular flexibility index (Phi) is 13.7. The molecule has 0 amide bonds. The van der Waals surface area contributed by atoms with Gasteiger partial charge in [0.25, 0.3) is 0 Å². The molecule has 2 aromatic rings. The number of halogens is 1. The summed E-state index contributed by atoms with van der Waals surface area (Å²) in [6.07, 6.45) is 0.